The van der Waals surface area contributed by atoms with E-state index >= 15 is 0 Å². The fourth-order valence-corrected chi connectivity index (χ4v) is 10.8. The minimum absolute atomic E-state index is 0.0335. The molecule has 0 bridgehead atoms. The van der Waals surface area contributed by atoms with Crippen molar-refractivity contribution in [3.8, 4) is 0 Å². The first kappa shape index (κ1) is 34.0. The Kier molecular flexibility index (Phi) is 8.97. The van der Waals surface area contributed by atoms with Crippen LogP contribution in [0.1, 0.15) is 78.6 Å². The molecule has 3 saturated carbocycles. The van der Waals surface area contributed by atoms with Gasteiger partial charge in [0.2, 0.25) is 0 Å². The maximum atomic E-state index is 12.5. The van der Waals surface area contributed by atoms with E-state index in [9.17, 15) is 35.4 Å². The van der Waals surface area contributed by atoms with E-state index in [1.54, 1.807) is 13.0 Å². The molecule has 0 aromatic heterocycles. The first-order valence-electron chi connectivity index (χ1n) is 17.5. The molecule has 2 saturated heterocycles. The largest absolute Gasteiger partial charge is 0.458 e. The zero-order valence-electron chi connectivity index (χ0n) is 27.6. The molecular weight excluding hydrogens is 612 g/mol. The number of aliphatic hydroxyl groups is 6. The fourth-order valence-electron chi connectivity index (χ4n) is 10.8. The Morgan fingerprint density at radius 3 is 2.43 bits per heavy atom. The minimum Gasteiger partial charge on any atom is -0.458 e. The Balaban J connectivity index is 0.988. The molecule has 12 heteroatoms. The van der Waals surface area contributed by atoms with Crippen molar-refractivity contribution in [1.82, 2.24) is 0 Å². The van der Waals surface area contributed by atoms with Crippen molar-refractivity contribution in [3.05, 3.63) is 23.3 Å². The summed E-state index contributed by atoms with van der Waals surface area (Å²) in [7, 11) is 0. The predicted molar refractivity (Wildman–Crippen MR) is 164 cm³/mol. The third kappa shape index (κ3) is 5.46. The summed E-state index contributed by atoms with van der Waals surface area (Å²) in [6, 6.07) is 0. The molecule has 264 valence electrons. The highest BCUT2D eigenvalue weighted by atomic mass is 16.7. The molecule has 4 aliphatic carbocycles. The highest BCUT2D eigenvalue weighted by Crippen LogP contribution is 2.69. The standard InChI is InChI=1S/C35H52O12/c1-17-31(47-32-30(41)29(40)28(39)25(15-36)46-32)24(37)14-27(44-17)45-20-6-9-33(2)19(13-20)4-5-23-22(33)7-10-34(3)21(8-11-35(23,34)42)18-12-26(38)43-16-18/h12-13,17,20-25,27-32,36-37,39-42H,4-11,14-16H2,1-3H3/t17-,20+,21-,22+,23-,24+,25+,27-,28+,29-,30+,31-,32-,33+,34-,35+/m1/s1. The van der Waals surface area contributed by atoms with E-state index in [1.807, 2.05) is 0 Å². The lowest BCUT2D eigenvalue weighted by Gasteiger charge is -2.62. The zero-order valence-corrected chi connectivity index (χ0v) is 27.6. The van der Waals surface area contributed by atoms with Gasteiger partial charge in [-0.3, -0.25) is 0 Å². The number of carbonyl (C=O) groups is 1. The number of carbonyl (C=O) groups excluding carboxylic acids is 1. The maximum absolute atomic E-state index is 12.5. The van der Waals surface area contributed by atoms with Gasteiger partial charge in [0.25, 0.3) is 0 Å². The molecule has 0 radical (unpaired) electrons. The second-order valence-electron chi connectivity index (χ2n) is 15.7. The summed E-state index contributed by atoms with van der Waals surface area (Å²) < 4.78 is 29.1. The molecule has 3 heterocycles. The molecule has 0 amide bonds. The fraction of sp³-hybridized carbons (Fsp3) is 0.857. The first-order valence-corrected chi connectivity index (χ1v) is 17.5. The molecule has 6 N–H and O–H groups in total. The number of hydrogen-bond donors (Lipinski definition) is 6. The van der Waals surface area contributed by atoms with E-state index in [2.05, 4.69) is 19.9 Å². The lowest BCUT2D eigenvalue weighted by atomic mass is 9.45. The molecule has 16 atom stereocenters. The maximum Gasteiger partial charge on any atom is 0.331 e. The molecule has 5 fully saturated rings. The molecule has 0 aromatic carbocycles. The van der Waals surface area contributed by atoms with E-state index in [4.69, 9.17) is 23.7 Å². The topological polar surface area (TPSA) is 185 Å². The average Bonchev–Trinajstić information content (AvgIpc) is 3.58. The Bertz CT molecular complexity index is 1260. The molecule has 0 aromatic rings. The Morgan fingerprint density at radius 1 is 0.936 bits per heavy atom. The number of cyclic esters (lactones) is 1. The van der Waals surface area contributed by atoms with Gasteiger partial charge in [0.05, 0.1) is 30.5 Å². The second-order valence-corrected chi connectivity index (χ2v) is 15.7. The summed E-state index contributed by atoms with van der Waals surface area (Å²) >= 11 is 0. The number of aliphatic hydroxyl groups excluding tert-OH is 5. The molecule has 7 rings (SSSR count). The van der Waals surface area contributed by atoms with Gasteiger partial charge in [0, 0.05) is 17.9 Å². The summed E-state index contributed by atoms with van der Waals surface area (Å²) in [5.41, 5.74) is 1.34. The smallest absolute Gasteiger partial charge is 0.331 e. The van der Waals surface area contributed by atoms with Gasteiger partial charge in [-0.1, -0.05) is 25.5 Å². The normalized spacial score (nSPS) is 53.0. The van der Waals surface area contributed by atoms with Gasteiger partial charge in [-0.25, -0.2) is 4.79 Å². The van der Waals surface area contributed by atoms with Crippen molar-refractivity contribution >= 4 is 5.97 Å². The summed E-state index contributed by atoms with van der Waals surface area (Å²) in [5, 5.41) is 63.6. The number of fused-ring (bicyclic) bond motifs is 5. The zero-order chi connectivity index (χ0) is 33.5. The monoisotopic (exact) mass is 664 g/mol. The molecule has 12 nitrogen and oxygen atoms in total. The second kappa shape index (κ2) is 12.4. The van der Waals surface area contributed by atoms with E-state index in [0.29, 0.717) is 12.5 Å². The number of esters is 1. The van der Waals surface area contributed by atoms with Crippen LogP contribution in [0.4, 0.5) is 0 Å². The Morgan fingerprint density at radius 2 is 1.72 bits per heavy atom. The van der Waals surface area contributed by atoms with Crippen LogP contribution in [0.3, 0.4) is 0 Å². The molecule has 3 aliphatic heterocycles. The lowest BCUT2D eigenvalue weighted by Crippen LogP contribution is -2.61. The van der Waals surface area contributed by atoms with Crippen molar-refractivity contribution < 1.29 is 59.1 Å². The highest BCUT2D eigenvalue weighted by molar-refractivity contribution is 5.85. The summed E-state index contributed by atoms with van der Waals surface area (Å²) in [6.45, 7) is 6.11. The highest BCUT2D eigenvalue weighted by Gasteiger charge is 2.67. The Hall–Kier alpha value is -1.45. The number of hydrogen-bond acceptors (Lipinski definition) is 12. The molecule has 0 unspecified atom stereocenters. The van der Waals surface area contributed by atoms with E-state index in [1.165, 1.54) is 5.57 Å². The third-order valence-corrected chi connectivity index (χ3v) is 13.5. The quantitative estimate of drug-likeness (QED) is 0.177. The minimum atomic E-state index is -1.58. The molecular formula is C35H52O12. The predicted octanol–water partition coefficient (Wildman–Crippen LogP) is 1.23. The van der Waals surface area contributed by atoms with Gasteiger partial charge in [0.1, 0.15) is 37.1 Å². The van der Waals surface area contributed by atoms with E-state index < -0.39 is 67.5 Å². The SMILES string of the molecule is C[C@H]1O[C@H](O[C@@H]2C=C3CC[C@@H]4[C@H](CC[C@]5(C)[C@@H](C6=CC(=O)OC6)CC[C@]45O)[C@@]3(C)CC2)C[C@H](O)[C@@H]1O[C@H]1O[C@@H](CO)[C@H](O)[C@@H](O)[C@@H]1O. The van der Waals surface area contributed by atoms with Gasteiger partial charge in [0.15, 0.2) is 12.6 Å². The van der Waals surface area contributed by atoms with Crippen LogP contribution < -0.4 is 0 Å². The molecule has 0 spiro atoms. The summed E-state index contributed by atoms with van der Waals surface area (Å²) in [6.07, 6.45) is 0.641. The van der Waals surface area contributed by atoms with Crippen molar-refractivity contribution in [2.45, 2.75) is 146 Å². The summed E-state index contributed by atoms with van der Waals surface area (Å²) in [5.74, 6) is 0.464. The lowest BCUT2D eigenvalue weighted by molar-refractivity contribution is -0.342. The molecule has 47 heavy (non-hydrogen) atoms. The van der Waals surface area contributed by atoms with Crippen molar-refractivity contribution in [3.63, 3.8) is 0 Å². The van der Waals surface area contributed by atoms with Crippen molar-refractivity contribution in [2.24, 2.45) is 28.6 Å². The van der Waals surface area contributed by atoms with Crippen LogP contribution in [0.2, 0.25) is 0 Å². The Labute approximate surface area is 275 Å². The van der Waals surface area contributed by atoms with Gasteiger partial charge in [-0.2, -0.15) is 0 Å². The van der Waals surface area contributed by atoms with E-state index in [-0.39, 0.29) is 41.2 Å². The van der Waals surface area contributed by atoms with Crippen LogP contribution in [0.15, 0.2) is 23.3 Å². The number of ether oxygens (including phenoxy) is 5. The van der Waals surface area contributed by atoms with Crippen molar-refractivity contribution in [2.75, 3.05) is 13.2 Å². The first-order chi connectivity index (χ1) is 22.3. The summed E-state index contributed by atoms with van der Waals surface area (Å²) in [4.78, 5) is 11.9. The average molecular weight is 665 g/mol. The van der Waals surface area contributed by atoms with Crippen molar-refractivity contribution in [1.29, 1.82) is 0 Å². The van der Waals surface area contributed by atoms with Crippen LogP contribution >= 0.6 is 0 Å². The van der Waals surface area contributed by atoms with Crippen LogP contribution in [0.5, 0.6) is 0 Å². The van der Waals surface area contributed by atoms with E-state index in [0.717, 1.165) is 56.9 Å². The van der Waals surface area contributed by atoms with Crippen LogP contribution in [-0.2, 0) is 28.5 Å². The number of allylic oxidation sites excluding steroid dienone is 1. The number of rotatable bonds is 6. The van der Waals surface area contributed by atoms with Crippen LogP contribution in [0, 0.1) is 28.6 Å². The van der Waals surface area contributed by atoms with Crippen LogP contribution in [-0.4, -0.2) is 117 Å². The van der Waals surface area contributed by atoms with Crippen LogP contribution in [0.25, 0.3) is 0 Å². The molecule has 7 aliphatic rings. The van der Waals surface area contributed by atoms with Gasteiger partial charge < -0.3 is 54.3 Å². The van der Waals surface area contributed by atoms with Gasteiger partial charge in [-0.15, -0.1) is 0 Å². The third-order valence-electron chi connectivity index (χ3n) is 13.5. The van der Waals surface area contributed by atoms with Gasteiger partial charge >= 0.3 is 5.97 Å². The van der Waals surface area contributed by atoms with Gasteiger partial charge in [-0.05, 0) is 87.0 Å².